The maximum absolute atomic E-state index is 12.5. The zero-order valence-corrected chi connectivity index (χ0v) is 14.5. The van der Waals surface area contributed by atoms with E-state index in [1.807, 2.05) is 36.4 Å². The Hall–Kier alpha value is -1.66. The fourth-order valence-electron chi connectivity index (χ4n) is 2.92. The van der Waals surface area contributed by atoms with Crippen LogP contribution < -0.4 is 5.32 Å². The number of allylic oxidation sites excluding steroid dienone is 1. The Kier molecular flexibility index (Phi) is 5.36. The van der Waals surface area contributed by atoms with Crippen molar-refractivity contribution in [3.8, 4) is 0 Å². The molecule has 130 valence electrons. The van der Waals surface area contributed by atoms with Gasteiger partial charge in [0.05, 0.1) is 5.75 Å². The van der Waals surface area contributed by atoms with E-state index in [4.69, 9.17) is 0 Å². The predicted octanol–water partition coefficient (Wildman–Crippen LogP) is 2.06. The maximum Gasteiger partial charge on any atom is 0.243 e. The van der Waals surface area contributed by atoms with Gasteiger partial charge in [-0.05, 0) is 43.2 Å². The summed E-state index contributed by atoms with van der Waals surface area (Å²) in [6.07, 6.45) is 7.28. The Bertz CT molecular complexity index is 688. The van der Waals surface area contributed by atoms with Gasteiger partial charge in [-0.2, -0.15) is 0 Å². The van der Waals surface area contributed by atoms with Crippen molar-refractivity contribution in [1.82, 2.24) is 9.62 Å². The molecule has 1 aromatic rings. The highest BCUT2D eigenvalue weighted by molar-refractivity contribution is 7.88. The Labute approximate surface area is 143 Å². The van der Waals surface area contributed by atoms with Gasteiger partial charge in [0, 0.05) is 19.1 Å². The highest BCUT2D eigenvalue weighted by Crippen LogP contribution is 2.29. The first-order valence-corrected chi connectivity index (χ1v) is 10.1. The third-order valence-corrected chi connectivity index (χ3v) is 6.38. The van der Waals surface area contributed by atoms with Crippen LogP contribution in [0.15, 0.2) is 42.5 Å². The molecule has 0 atom stereocenters. The summed E-state index contributed by atoms with van der Waals surface area (Å²) >= 11 is 0. The van der Waals surface area contributed by atoms with E-state index in [1.165, 1.54) is 12.8 Å². The van der Waals surface area contributed by atoms with Gasteiger partial charge in [0.2, 0.25) is 15.9 Å². The molecule has 1 aromatic carbocycles. The highest BCUT2D eigenvalue weighted by atomic mass is 32.2. The summed E-state index contributed by atoms with van der Waals surface area (Å²) in [6.45, 7) is 0.929. The second-order valence-corrected chi connectivity index (χ2v) is 8.59. The van der Waals surface area contributed by atoms with Crippen molar-refractivity contribution in [1.29, 1.82) is 0 Å². The molecule has 2 fully saturated rings. The summed E-state index contributed by atoms with van der Waals surface area (Å²) in [7, 11) is -3.29. The van der Waals surface area contributed by atoms with Crippen LogP contribution in [0.25, 0.3) is 0 Å². The summed E-state index contributed by atoms with van der Waals surface area (Å²) in [5, 5.41) is 2.98. The quantitative estimate of drug-likeness (QED) is 0.800. The molecule has 0 bridgehead atoms. The number of amides is 1. The number of piperidine rings is 1. The normalized spacial score (nSPS) is 20.3. The molecule has 1 aliphatic carbocycles. The Balaban J connectivity index is 1.48. The molecule has 1 heterocycles. The molecule has 0 unspecified atom stereocenters. The fraction of sp³-hybridized carbons (Fsp3) is 0.500. The van der Waals surface area contributed by atoms with E-state index in [1.54, 1.807) is 10.4 Å². The molecular weight excluding hydrogens is 324 g/mol. The molecule has 1 amide bonds. The van der Waals surface area contributed by atoms with E-state index in [0.717, 1.165) is 5.56 Å². The van der Waals surface area contributed by atoms with Crippen LogP contribution in [0.2, 0.25) is 0 Å². The van der Waals surface area contributed by atoms with Gasteiger partial charge in [-0.3, -0.25) is 4.79 Å². The lowest BCUT2D eigenvalue weighted by Gasteiger charge is -2.31. The third kappa shape index (κ3) is 4.92. The summed E-state index contributed by atoms with van der Waals surface area (Å²) in [5.74, 6) is 0.558. The van der Waals surface area contributed by atoms with Gasteiger partial charge in [0.25, 0.3) is 0 Å². The molecule has 1 aliphatic heterocycles. The van der Waals surface area contributed by atoms with Crippen molar-refractivity contribution in [2.45, 2.75) is 37.5 Å². The fourth-order valence-corrected chi connectivity index (χ4v) is 4.48. The summed E-state index contributed by atoms with van der Waals surface area (Å²) in [4.78, 5) is 11.8. The van der Waals surface area contributed by atoms with Gasteiger partial charge in [0.15, 0.2) is 0 Å². The average molecular weight is 348 g/mol. The van der Waals surface area contributed by atoms with Crippen molar-refractivity contribution < 1.29 is 13.2 Å². The number of hydrogen-bond donors (Lipinski definition) is 1. The molecule has 1 N–H and O–H groups in total. The lowest BCUT2D eigenvalue weighted by molar-refractivity contribution is -0.117. The lowest BCUT2D eigenvalue weighted by Crippen LogP contribution is -2.46. The number of nitrogens with one attached hydrogen (secondary N) is 1. The zero-order valence-electron chi connectivity index (χ0n) is 13.7. The SMILES string of the molecule is O=C(/C=C/C1CC1)NC1CCN(S(=O)(=O)Cc2ccccc2)CC1. The summed E-state index contributed by atoms with van der Waals surface area (Å²) < 4.78 is 26.5. The van der Waals surface area contributed by atoms with Crippen LogP contribution in [0.1, 0.15) is 31.2 Å². The van der Waals surface area contributed by atoms with Gasteiger partial charge < -0.3 is 5.32 Å². The molecule has 0 spiro atoms. The molecule has 2 aliphatic rings. The van der Waals surface area contributed by atoms with E-state index >= 15 is 0 Å². The van der Waals surface area contributed by atoms with E-state index in [9.17, 15) is 13.2 Å². The molecule has 0 radical (unpaired) electrons. The van der Waals surface area contributed by atoms with E-state index in [2.05, 4.69) is 5.32 Å². The number of hydrogen-bond acceptors (Lipinski definition) is 3. The van der Waals surface area contributed by atoms with Crippen molar-refractivity contribution in [3.05, 3.63) is 48.0 Å². The van der Waals surface area contributed by atoms with Crippen LogP contribution in [0, 0.1) is 5.92 Å². The van der Waals surface area contributed by atoms with Crippen LogP contribution in [0.5, 0.6) is 0 Å². The standard InChI is InChI=1S/C18H24N2O3S/c21-18(9-8-15-6-7-15)19-17-10-12-20(13-11-17)24(22,23)14-16-4-2-1-3-5-16/h1-5,8-9,15,17H,6-7,10-14H2,(H,19,21)/b9-8+. The van der Waals surface area contributed by atoms with Crippen molar-refractivity contribution in [2.75, 3.05) is 13.1 Å². The number of sulfonamides is 1. The van der Waals surface area contributed by atoms with Crippen LogP contribution >= 0.6 is 0 Å². The van der Waals surface area contributed by atoms with E-state index in [0.29, 0.717) is 31.8 Å². The average Bonchev–Trinajstić information content (AvgIpc) is 3.38. The first-order valence-electron chi connectivity index (χ1n) is 8.53. The number of carbonyl (C=O) groups excluding carboxylic acids is 1. The van der Waals surface area contributed by atoms with Gasteiger partial charge in [-0.15, -0.1) is 0 Å². The van der Waals surface area contributed by atoms with Crippen LogP contribution in [0.3, 0.4) is 0 Å². The van der Waals surface area contributed by atoms with E-state index in [-0.39, 0.29) is 17.7 Å². The van der Waals surface area contributed by atoms with Crippen molar-refractivity contribution in [3.63, 3.8) is 0 Å². The van der Waals surface area contributed by atoms with Gasteiger partial charge >= 0.3 is 0 Å². The molecule has 24 heavy (non-hydrogen) atoms. The molecule has 6 heteroatoms. The largest absolute Gasteiger partial charge is 0.350 e. The Morgan fingerprint density at radius 3 is 2.42 bits per heavy atom. The minimum Gasteiger partial charge on any atom is -0.350 e. The third-order valence-electron chi connectivity index (χ3n) is 4.53. The summed E-state index contributed by atoms with van der Waals surface area (Å²) in [6, 6.07) is 9.29. The molecule has 5 nitrogen and oxygen atoms in total. The second-order valence-electron chi connectivity index (χ2n) is 6.62. The lowest BCUT2D eigenvalue weighted by atomic mass is 10.1. The first-order chi connectivity index (χ1) is 11.5. The van der Waals surface area contributed by atoms with Gasteiger partial charge in [-0.1, -0.05) is 36.4 Å². The van der Waals surface area contributed by atoms with E-state index < -0.39 is 10.0 Å². The van der Waals surface area contributed by atoms with Crippen molar-refractivity contribution >= 4 is 15.9 Å². The predicted molar refractivity (Wildman–Crippen MR) is 93.7 cm³/mol. The second kappa shape index (κ2) is 7.49. The molecule has 1 saturated heterocycles. The number of nitrogens with zero attached hydrogens (tertiary/aromatic N) is 1. The minimum absolute atomic E-state index is 0.0367. The minimum atomic E-state index is -3.29. The maximum atomic E-state index is 12.5. The molecule has 0 aromatic heterocycles. The smallest absolute Gasteiger partial charge is 0.243 e. The monoisotopic (exact) mass is 348 g/mol. The zero-order chi connectivity index (χ0) is 17.0. The van der Waals surface area contributed by atoms with Crippen LogP contribution in [0.4, 0.5) is 0 Å². The van der Waals surface area contributed by atoms with Gasteiger partial charge in [0.1, 0.15) is 0 Å². The summed E-state index contributed by atoms with van der Waals surface area (Å²) in [5.41, 5.74) is 0.804. The Morgan fingerprint density at radius 2 is 1.79 bits per heavy atom. The van der Waals surface area contributed by atoms with Crippen molar-refractivity contribution in [2.24, 2.45) is 5.92 Å². The molecule has 3 rings (SSSR count). The van der Waals surface area contributed by atoms with Gasteiger partial charge in [-0.25, -0.2) is 12.7 Å². The van der Waals surface area contributed by atoms with Crippen LogP contribution in [-0.2, 0) is 20.6 Å². The molecule has 1 saturated carbocycles. The molecular formula is C18H24N2O3S. The number of carbonyl (C=O) groups is 1. The first kappa shape index (κ1) is 17.2. The highest BCUT2D eigenvalue weighted by Gasteiger charge is 2.28. The Morgan fingerprint density at radius 1 is 1.12 bits per heavy atom. The number of benzene rings is 1. The number of rotatable bonds is 6. The topological polar surface area (TPSA) is 66.5 Å². The van der Waals surface area contributed by atoms with Crippen LogP contribution in [-0.4, -0.2) is 37.8 Å².